The number of nitrogens with zero attached hydrogens (tertiary/aromatic N) is 1. The molecule has 0 fully saturated rings. The van der Waals surface area contributed by atoms with Crippen molar-refractivity contribution in [3.63, 3.8) is 0 Å². The second kappa shape index (κ2) is 34.5. The third-order valence-electron chi connectivity index (χ3n) is 9.94. The van der Waals surface area contributed by atoms with E-state index in [1.54, 1.807) is 0 Å². The maximum atomic E-state index is 2.34. The van der Waals surface area contributed by atoms with Crippen LogP contribution in [-0.2, 0) is 0 Å². The van der Waals surface area contributed by atoms with Crippen molar-refractivity contribution in [3.8, 4) is 0 Å². The summed E-state index contributed by atoms with van der Waals surface area (Å²) < 4.78 is 1.48. The predicted molar refractivity (Wildman–Crippen MR) is 190 cm³/mol. The van der Waals surface area contributed by atoms with E-state index in [1.807, 2.05) is 0 Å². The van der Waals surface area contributed by atoms with Crippen LogP contribution in [0.15, 0.2) is 0 Å². The van der Waals surface area contributed by atoms with Crippen LogP contribution in [0.4, 0.5) is 0 Å². The maximum absolute atomic E-state index is 2.34. The molecule has 0 saturated carbocycles. The molecule has 1 nitrogen and oxygen atoms in total. The first-order valence-corrected chi connectivity index (χ1v) is 20.1. The standard InChI is InChI=1S/C40H84N/c1-5-9-13-17-21-25-29-33-37-41(38-34-30-26-22-18-14-10-6-2,39-35-31-27-23-19-15-11-7-3)40-36-32-28-24-20-16-12-8-4/h5-40H2,1-4H3/q+1. The molecule has 0 aromatic rings. The number of hydrogen-bond acceptors (Lipinski definition) is 0. The third kappa shape index (κ3) is 29.8. The largest absolute Gasteiger partial charge is 0.324 e. The van der Waals surface area contributed by atoms with E-state index < -0.39 is 0 Å². The van der Waals surface area contributed by atoms with E-state index in [-0.39, 0.29) is 0 Å². The Morgan fingerprint density at radius 3 is 0.512 bits per heavy atom. The van der Waals surface area contributed by atoms with Crippen LogP contribution in [0.5, 0.6) is 0 Å². The third-order valence-corrected chi connectivity index (χ3v) is 9.94. The lowest BCUT2D eigenvalue weighted by atomic mass is 10.0. The minimum Gasteiger partial charge on any atom is -0.324 e. The molecule has 0 N–H and O–H groups in total. The lowest BCUT2D eigenvalue weighted by Gasteiger charge is -2.40. The highest BCUT2D eigenvalue weighted by atomic mass is 15.3. The van der Waals surface area contributed by atoms with E-state index in [2.05, 4.69) is 27.7 Å². The molecule has 248 valence electrons. The molecule has 0 bridgehead atoms. The number of hydrogen-bond donors (Lipinski definition) is 0. The molecule has 0 amide bonds. The molecule has 0 aliphatic heterocycles. The lowest BCUT2D eigenvalue weighted by molar-refractivity contribution is -0.929. The molecule has 0 unspecified atom stereocenters. The molecule has 0 aromatic heterocycles. The molecule has 0 saturated heterocycles. The van der Waals surface area contributed by atoms with E-state index in [9.17, 15) is 0 Å². The Labute approximate surface area is 263 Å². The van der Waals surface area contributed by atoms with Gasteiger partial charge in [-0.2, -0.15) is 0 Å². The highest BCUT2D eigenvalue weighted by Crippen LogP contribution is 2.21. The monoisotopic (exact) mass is 579 g/mol. The summed E-state index contributed by atoms with van der Waals surface area (Å²) in [6.07, 6.45) is 46.7. The topological polar surface area (TPSA) is 0 Å². The molecule has 0 aromatic carbocycles. The Balaban J connectivity index is 4.82. The molecule has 0 heterocycles. The molecular formula is C40H84N+. The zero-order valence-electron chi connectivity index (χ0n) is 29.9. The highest BCUT2D eigenvalue weighted by molar-refractivity contribution is 4.56. The SMILES string of the molecule is CCCCCCCCCC[N+](CCCCCCCCCC)(CCCCCCCCCC)CCCCCCCCCC. The Hall–Kier alpha value is -0.0400. The minimum absolute atomic E-state index is 1.37. The van der Waals surface area contributed by atoms with Crippen LogP contribution in [0.1, 0.15) is 233 Å². The van der Waals surface area contributed by atoms with E-state index in [4.69, 9.17) is 0 Å². The van der Waals surface area contributed by atoms with Crippen LogP contribution >= 0.6 is 0 Å². The van der Waals surface area contributed by atoms with Crippen LogP contribution in [-0.4, -0.2) is 30.7 Å². The Morgan fingerprint density at radius 1 is 0.195 bits per heavy atom. The van der Waals surface area contributed by atoms with Crippen molar-refractivity contribution in [1.82, 2.24) is 0 Å². The van der Waals surface area contributed by atoms with Crippen molar-refractivity contribution in [2.45, 2.75) is 233 Å². The quantitative estimate of drug-likeness (QED) is 0.0512. The minimum atomic E-state index is 1.37. The molecular weight excluding hydrogens is 494 g/mol. The van der Waals surface area contributed by atoms with Crippen molar-refractivity contribution in [3.05, 3.63) is 0 Å². The molecule has 0 aliphatic rings. The van der Waals surface area contributed by atoms with Crippen LogP contribution in [0.2, 0.25) is 0 Å². The van der Waals surface area contributed by atoms with Gasteiger partial charge in [0.2, 0.25) is 0 Å². The van der Waals surface area contributed by atoms with Gasteiger partial charge in [0, 0.05) is 0 Å². The van der Waals surface area contributed by atoms with Gasteiger partial charge >= 0.3 is 0 Å². The van der Waals surface area contributed by atoms with Crippen LogP contribution < -0.4 is 0 Å². The van der Waals surface area contributed by atoms with Crippen LogP contribution in [0, 0.1) is 0 Å². The lowest BCUT2D eigenvalue weighted by Crippen LogP contribution is -2.50. The average Bonchev–Trinajstić information content (AvgIpc) is 2.98. The predicted octanol–water partition coefficient (Wildman–Crippen LogP) is 14.4. The Kier molecular flexibility index (Phi) is 34.4. The molecule has 0 atom stereocenters. The first-order valence-electron chi connectivity index (χ1n) is 20.1. The first-order chi connectivity index (χ1) is 20.2. The summed E-state index contributed by atoms with van der Waals surface area (Å²) in [5.41, 5.74) is 0. The zero-order valence-corrected chi connectivity index (χ0v) is 29.9. The first kappa shape index (κ1) is 41.0. The summed E-state index contributed by atoms with van der Waals surface area (Å²) in [6, 6.07) is 0. The van der Waals surface area contributed by atoms with E-state index in [0.29, 0.717) is 0 Å². The number of unbranched alkanes of at least 4 members (excludes halogenated alkanes) is 28. The zero-order chi connectivity index (χ0) is 30.0. The molecule has 0 spiro atoms. The van der Waals surface area contributed by atoms with Crippen molar-refractivity contribution >= 4 is 0 Å². The highest BCUT2D eigenvalue weighted by Gasteiger charge is 2.25. The molecule has 0 rings (SSSR count). The second-order valence-corrected chi connectivity index (χ2v) is 14.1. The van der Waals surface area contributed by atoms with Crippen LogP contribution in [0.3, 0.4) is 0 Å². The van der Waals surface area contributed by atoms with Gasteiger partial charge in [0.05, 0.1) is 26.2 Å². The number of rotatable bonds is 36. The van der Waals surface area contributed by atoms with Crippen molar-refractivity contribution in [1.29, 1.82) is 0 Å². The van der Waals surface area contributed by atoms with E-state index in [0.717, 1.165) is 0 Å². The summed E-state index contributed by atoms with van der Waals surface area (Å²) >= 11 is 0. The summed E-state index contributed by atoms with van der Waals surface area (Å²) in [7, 11) is 0. The fraction of sp³-hybridized carbons (Fsp3) is 1.00. The van der Waals surface area contributed by atoms with Gasteiger partial charge in [-0.25, -0.2) is 0 Å². The summed E-state index contributed by atoms with van der Waals surface area (Å²) in [5, 5.41) is 0. The van der Waals surface area contributed by atoms with Gasteiger partial charge < -0.3 is 4.48 Å². The summed E-state index contributed by atoms with van der Waals surface area (Å²) in [6.45, 7) is 15.3. The van der Waals surface area contributed by atoms with Gasteiger partial charge in [-0.15, -0.1) is 0 Å². The normalized spacial score (nSPS) is 12.0. The summed E-state index contributed by atoms with van der Waals surface area (Å²) in [5.74, 6) is 0. The van der Waals surface area contributed by atoms with Gasteiger partial charge in [-0.05, 0) is 51.4 Å². The number of quaternary nitrogens is 1. The molecule has 41 heavy (non-hydrogen) atoms. The smallest absolute Gasteiger partial charge is 0.0786 e. The molecule has 0 aliphatic carbocycles. The van der Waals surface area contributed by atoms with Gasteiger partial charge in [0.25, 0.3) is 0 Å². The summed E-state index contributed by atoms with van der Waals surface area (Å²) in [4.78, 5) is 0. The van der Waals surface area contributed by atoms with E-state index in [1.165, 1.54) is 236 Å². The van der Waals surface area contributed by atoms with Gasteiger partial charge in [0.1, 0.15) is 0 Å². The maximum Gasteiger partial charge on any atom is 0.0786 e. The Morgan fingerprint density at radius 2 is 0.341 bits per heavy atom. The van der Waals surface area contributed by atoms with Crippen molar-refractivity contribution in [2.24, 2.45) is 0 Å². The second-order valence-electron chi connectivity index (χ2n) is 14.1. The average molecular weight is 579 g/mol. The molecule has 0 radical (unpaired) electrons. The van der Waals surface area contributed by atoms with Gasteiger partial charge in [0.15, 0.2) is 0 Å². The van der Waals surface area contributed by atoms with Gasteiger partial charge in [-0.3, -0.25) is 0 Å². The fourth-order valence-corrected chi connectivity index (χ4v) is 7.00. The van der Waals surface area contributed by atoms with Crippen molar-refractivity contribution < 1.29 is 4.48 Å². The Bertz CT molecular complexity index is 372. The molecule has 1 heteroatoms. The van der Waals surface area contributed by atoms with E-state index >= 15 is 0 Å². The van der Waals surface area contributed by atoms with Crippen molar-refractivity contribution in [2.75, 3.05) is 26.2 Å². The fourth-order valence-electron chi connectivity index (χ4n) is 7.00. The van der Waals surface area contributed by atoms with Crippen LogP contribution in [0.25, 0.3) is 0 Å². The van der Waals surface area contributed by atoms with Gasteiger partial charge in [-0.1, -0.05) is 182 Å².